The smallest absolute Gasteiger partial charge is 0.328 e. The van der Waals surface area contributed by atoms with Crippen molar-refractivity contribution in [3.05, 3.63) is 70.3 Å². The fraction of sp³-hybridized carbons (Fsp3) is 0.440. The van der Waals surface area contributed by atoms with Gasteiger partial charge in [0.25, 0.3) is 5.91 Å². The molecule has 4 heteroatoms. The van der Waals surface area contributed by atoms with Crippen LogP contribution in [0.2, 0.25) is 0 Å². The Balaban J connectivity index is 2.12. The van der Waals surface area contributed by atoms with Crippen molar-refractivity contribution in [3.63, 3.8) is 0 Å². The fourth-order valence-corrected chi connectivity index (χ4v) is 4.54. The molecule has 4 nitrogen and oxygen atoms in total. The second-order valence-electron chi connectivity index (χ2n) is 7.60. The van der Waals surface area contributed by atoms with Crippen LogP contribution in [0, 0.1) is 0 Å². The molecule has 0 aliphatic carbocycles. The van der Waals surface area contributed by atoms with Gasteiger partial charge in [0.05, 0.1) is 13.2 Å². The summed E-state index contributed by atoms with van der Waals surface area (Å²) in [4.78, 5) is 27.8. The van der Waals surface area contributed by atoms with Crippen molar-refractivity contribution in [2.24, 2.45) is 0 Å². The van der Waals surface area contributed by atoms with E-state index in [1.165, 1.54) is 29.4 Å². The van der Waals surface area contributed by atoms with E-state index < -0.39 is 6.04 Å². The van der Waals surface area contributed by atoms with E-state index in [0.717, 1.165) is 25.7 Å². The molecule has 29 heavy (non-hydrogen) atoms. The van der Waals surface area contributed by atoms with Gasteiger partial charge in [0.2, 0.25) is 0 Å². The van der Waals surface area contributed by atoms with Gasteiger partial charge in [-0.3, -0.25) is 4.79 Å². The highest BCUT2D eigenvalue weighted by atomic mass is 16.5. The number of likely N-dealkylation sites (tertiary alicyclic amines) is 1. The molecule has 2 atom stereocenters. The number of nitrogens with zero attached hydrogens (tertiary/aromatic N) is 1. The van der Waals surface area contributed by atoms with Crippen LogP contribution in [0.3, 0.4) is 0 Å². The van der Waals surface area contributed by atoms with Gasteiger partial charge in [0.15, 0.2) is 0 Å². The van der Waals surface area contributed by atoms with Gasteiger partial charge >= 0.3 is 5.97 Å². The maximum absolute atomic E-state index is 13.5. The van der Waals surface area contributed by atoms with Crippen molar-refractivity contribution in [1.82, 2.24) is 4.90 Å². The number of ether oxygens (including phenoxy) is 1. The van der Waals surface area contributed by atoms with Crippen LogP contribution in [-0.4, -0.2) is 29.9 Å². The van der Waals surface area contributed by atoms with E-state index in [-0.39, 0.29) is 17.9 Å². The Labute approximate surface area is 173 Å². The third-order valence-electron chi connectivity index (χ3n) is 6.03. The molecule has 3 rings (SSSR count). The number of esters is 1. The molecule has 1 fully saturated rings. The number of methoxy groups -OCH3 is 1. The number of hydrogen-bond donors (Lipinski definition) is 0. The minimum absolute atomic E-state index is 0.104. The van der Waals surface area contributed by atoms with Crippen molar-refractivity contribution in [2.45, 2.75) is 65.0 Å². The molecule has 1 amide bonds. The summed E-state index contributed by atoms with van der Waals surface area (Å²) < 4.78 is 5.05. The van der Waals surface area contributed by atoms with Gasteiger partial charge in [-0.2, -0.15) is 0 Å². The van der Waals surface area contributed by atoms with E-state index in [4.69, 9.17) is 4.74 Å². The van der Waals surface area contributed by atoms with E-state index in [9.17, 15) is 9.59 Å². The second-order valence-corrected chi connectivity index (χ2v) is 7.60. The zero-order valence-corrected chi connectivity index (χ0v) is 17.9. The number of aryl methyl sites for hydroxylation is 3. The molecule has 1 aliphatic heterocycles. The van der Waals surface area contributed by atoms with Crippen molar-refractivity contribution in [2.75, 3.05) is 7.11 Å². The standard InChI is InChI=1S/C25H31NO3/c1-5-17-15-18(6-2)23(19(7-3)16-17)21-13-14-22(25(28)29-4)26(21)24(27)20-11-9-8-10-12-20/h8-12,15-16,21-22H,5-7,13-14H2,1-4H3/t21-,22-/m0/s1. The lowest BCUT2D eigenvalue weighted by Gasteiger charge is -2.32. The Morgan fingerprint density at radius 1 is 0.966 bits per heavy atom. The first-order valence-corrected chi connectivity index (χ1v) is 10.7. The molecule has 0 aromatic heterocycles. The third kappa shape index (κ3) is 4.07. The fourth-order valence-electron chi connectivity index (χ4n) is 4.54. The van der Waals surface area contributed by atoms with Gasteiger partial charge in [-0.25, -0.2) is 4.79 Å². The van der Waals surface area contributed by atoms with Gasteiger partial charge < -0.3 is 9.64 Å². The lowest BCUT2D eigenvalue weighted by molar-refractivity contribution is -0.145. The van der Waals surface area contributed by atoms with Crippen molar-refractivity contribution in [1.29, 1.82) is 0 Å². The molecule has 1 aliphatic rings. The third-order valence-corrected chi connectivity index (χ3v) is 6.03. The normalized spacial score (nSPS) is 18.7. The number of hydrogen-bond acceptors (Lipinski definition) is 3. The Hall–Kier alpha value is -2.62. The first-order valence-electron chi connectivity index (χ1n) is 10.7. The Kier molecular flexibility index (Phi) is 6.73. The molecule has 0 spiro atoms. The molecule has 2 aromatic carbocycles. The minimum atomic E-state index is -0.544. The van der Waals surface area contributed by atoms with Crippen LogP contribution < -0.4 is 0 Å². The summed E-state index contributed by atoms with van der Waals surface area (Å²) in [6.07, 6.45) is 4.19. The van der Waals surface area contributed by atoms with Crippen molar-refractivity contribution in [3.8, 4) is 0 Å². The molecule has 1 saturated heterocycles. The number of amides is 1. The van der Waals surface area contributed by atoms with E-state index in [1.807, 2.05) is 30.3 Å². The van der Waals surface area contributed by atoms with E-state index >= 15 is 0 Å². The predicted molar refractivity (Wildman–Crippen MR) is 115 cm³/mol. The molecule has 2 aromatic rings. The molecule has 0 bridgehead atoms. The van der Waals surface area contributed by atoms with Crippen LogP contribution in [0.5, 0.6) is 0 Å². The lowest BCUT2D eigenvalue weighted by Crippen LogP contribution is -2.42. The van der Waals surface area contributed by atoms with Gasteiger partial charge in [0.1, 0.15) is 6.04 Å². The number of benzene rings is 2. The first-order chi connectivity index (χ1) is 14.0. The Morgan fingerprint density at radius 3 is 2.10 bits per heavy atom. The summed E-state index contributed by atoms with van der Waals surface area (Å²) in [7, 11) is 1.39. The first kappa shape index (κ1) is 21.1. The lowest BCUT2D eigenvalue weighted by atomic mass is 9.88. The van der Waals surface area contributed by atoms with Crippen molar-refractivity contribution < 1.29 is 14.3 Å². The van der Waals surface area contributed by atoms with Gasteiger partial charge in [-0.15, -0.1) is 0 Å². The minimum Gasteiger partial charge on any atom is -0.467 e. The molecular formula is C25H31NO3. The molecule has 0 radical (unpaired) electrons. The second kappa shape index (κ2) is 9.25. The van der Waals surface area contributed by atoms with Gasteiger partial charge in [0, 0.05) is 5.56 Å². The molecule has 1 heterocycles. The van der Waals surface area contributed by atoms with Crippen LogP contribution in [-0.2, 0) is 28.8 Å². The summed E-state index contributed by atoms with van der Waals surface area (Å²) >= 11 is 0. The van der Waals surface area contributed by atoms with E-state index in [1.54, 1.807) is 4.90 Å². The van der Waals surface area contributed by atoms with Crippen molar-refractivity contribution >= 4 is 11.9 Å². The average molecular weight is 394 g/mol. The zero-order valence-electron chi connectivity index (χ0n) is 17.9. The summed E-state index contributed by atoms with van der Waals surface area (Å²) in [5, 5.41) is 0. The van der Waals surface area contributed by atoms with Gasteiger partial charge in [-0.1, -0.05) is 51.1 Å². The summed E-state index contributed by atoms with van der Waals surface area (Å²) in [6.45, 7) is 6.49. The van der Waals surface area contributed by atoms with E-state index in [0.29, 0.717) is 12.0 Å². The SMILES string of the molecule is CCc1cc(CC)c([C@@H]2CC[C@@H](C(=O)OC)N2C(=O)c2ccccc2)c(CC)c1. The predicted octanol–water partition coefficient (Wildman–Crippen LogP) is 4.89. The summed E-state index contributed by atoms with van der Waals surface area (Å²) in [6, 6.07) is 13.1. The molecule has 0 unspecified atom stereocenters. The van der Waals surface area contributed by atoms with Crippen LogP contribution >= 0.6 is 0 Å². The maximum atomic E-state index is 13.5. The van der Waals surface area contributed by atoms with Crippen LogP contribution in [0.25, 0.3) is 0 Å². The van der Waals surface area contributed by atoms with Crippen LogP contribution in [0.4, 0.5) is 0 Å². The Bertz CT molecular complexity index is 850. The van der Waals surface area contributed by atoms with Crippen LogP contribution in [0.15, 0.2) is 42.5 Å². The molecule has 154 valence electrons. The summed E-state index contributed by atoms with van der Waals surface area (Å²) in [5.74, 6) is -0.440. The molecule has 0 saturated carbocycles. The van der Waals surface area contributed by atoms with E-state index in [2.05, 4.69) is 32.9 Å². The average Bonchev–Trinajstić information content (AvgIpc) is 3.21. The molecular weight excluding hydrogens is 362 g/mol. The number of carbonyl (C=O) groups excluding carboxylic acids is 2. The number of carbonyl (C=O) groups is 2. The highest BCUT2D eigenvalue weighted by Gasteiger charge is 2.43. The topological polar surface area (TPSA) is 46.6 Å². The number of rotatable bonds is 6. The largest absolute Gasteiger partial charge is 0.467 e. The maximum Gasteiger partial charge on any atom is 0.328 e. The quantitative estimate of drug-likeness (QED) is 0.656. The van der Waals surface area contributed by atoms with Crippen LogP contribution in [0.1, 0.15) is 72.3 Å². The van der Waals surface area contributed by atoms with Gasteiger partial charge in [-0.05, 0) is 66.5 Å². The highest BCUT2D eigenvalue weighted by molar-refractivity contribution is 5.97. The zero-order chi connectivity index (χ0) is 21.0. The summed E-state index contributed by atoms with van der Waals surface area (Å²) in [5.41, 5.74) is 5.72. The Morgan fingerprint density at radius 2 is 1.59 bits per heavy atom. The highest BCUT2D eigenvalue weighted by Crippen LogP contribution is 2.41. The molecule has 0 N–H and O–H groups in total. The monoisotopic (exact) mass is 393 g/mol.